The fourth-order valence-corrected chi connectivity index (χ4v) is 1.83. The summed E-state index contributed by atoms with van der Waals surface area (Å²) in [6.07, 6.45) is 10.2. The summed E-state index contributed by atoms with van der Waals surface area (Å²) >= 11 is 0. The van der Waals surface area contributed by atoms with Gasteiger partial charge in [0.1, 0.15) is 0 Å². The number of hydrogen-bond donors (Lipinski definition) is 1. The highest BCUT2D eigenvalue weighted by Crippen LogP contribution is 2.26. The molecular weight excluding hydrogens is 198 g/mol. The first-order valence-electron chi connectivity index (χ1n) is 5.32. The molecule has 0 aliphatic heterocycles. The molecule has 1 aromatic rings. The van der Waals surface area contributed by atoms with E-state index in [1.54, 1.807) is 7.05 Å². The lowest BCUT2D eigenvalue weighted by atomic mass is 9.89. The number of amides is 1. The average molecular weight is 212 g/mol. The zero-order valence-electron chi connectivity index (χ0n) is 9.18. The van der Waals surface area contributed by atoms with Crippen LogP contribution < -0.4 is 5.32 Å². The van der Waals surface area contributed by atoms with E-state index in [9.17, 15) is 4.79 Å². The van der Waals surface area contributed by atoms with Gasteiger partial charge in [0, 0.05) is 18.5 Å². The molecule has 1 unspecified atom stereocenters. The summed E-state index contributed by atoms with van der Waals surface area (Å²) in [6.45, 7) is 0. The Balaban J connectivity index is 2.36. The van der Waals surface area contributed by atoms with Gasteiger partial charge in [-0.3, -0.25) is 4.79 Å². The Labute approximate surface area is 95.7 Å². The maximum absolute atomic E-state index is 11.7. The summed E-state index contributed by atoms with van der Waals surface area (Å²) in [5.41, 5.74) is 1.79. The van der Waals surface area contributed by atoms with Gasteiger partial charge in [0.15, 0.2) is 0 Å². The number of carbonyl (C=O) groups is 1. The van der Waals surface area contributed by atoms with Crippen molar-refractivity contribution in [1.82, 2.24) is 5.32 Å². The Hall–Kier alpha value is -1.83. The minimum atomic E-state index is -0.0352. The van der Waals surface area contributed by atoms with Crippen LogP contribution in [0.4, 0.5) is 0 Å². The molecule has 1 aromatic carbocycles. The van der Waals surface area contributed by atoms with Gasteiger partial charge in [-0.05, 0) is 18.1 Å². The highest BCUT2D eigenvalue weighted by Gasteiger charge is 2.16. The number of benzene rings is 1. The van der Waals surface area contributed by atoms with Crippen LogP contribution in [0, 0.1) is 6.42 Å². The van der Waals surface area contributed by atoms with Crippen molar-refractivity contribution in [3.05, 3.63) is 66.1 Å². The molecule has 1 atom stereocenters. The van der Waals surface area contributed by atoms with Crippen LogP contribution in [0.1, 0.15) is 21.8 Å². The second kappa shape index (κ2) is 4.79. The van der Waals surface area contributed by atoms with Crippen LogP contribution in [0.3, 0.4) is 0 Å². The summed E-state index contributed by atoms with van der Waals surface area (Å²) in [5.74, 6) is 0.158. The first kappa shape index (κ1) is 10.7. The predicted octanol–water partition coefficient (Wildman–Crippen LogP) is 2.46. The molecule has 0 saturated carbocycles. The number of carbonyl (C=O) groups excluding carboxylic acids is 1. The minimum absolute atomic E-state index is 0.0352. The van der Waals surface area contributed by atoms with Crippen molar-refractivity contribution in [3.63, 3.8) is 0 Å². The lowest BCUT2D eigenvalue weighted by Gasteiger charge is -2.16. The Morgan fingerprint density at radius 2 is 2.00 bits per heavy atom. The lowest BCUT2D eigenvalue weighted by Crippen LogP contribution is -2.20. The predicted molar refractivity (Wildman–Crippen MR) is 65.2 cm³/mol. The molecule has 1 aliphatic rings. The van der Waals surface area contributed by atoms with E-state index in [1.807, 2.05) is 42.5 Å². The second-order valence-electron chi connectivity index (χ2n) is 3.65. The Kier molecular flexibility index (Phi) is 3.20. The molecule has 2 rings (SSSR count). The van der Waals surface area contributed by atoms with Crippen molar-refractivity contribution in [3.8, 4) is 0 Å². The largest absolute Gasteiger partial charge is 0.355 e. The molecule has 1 amide bonds. The first-order valence-corrected chi connectivity index (χ1v) is 5.32. The Bertz CT molecular complexity index is 446. The molecule has 1 radical (unpaired) electrons. The monoisotopic (exact) mass is 212 g/mol. The van der Waals surface area contributed by atoms with Crippen molar-refractivity contribution < 1.29 is 4.79 Å². The van der Waals surface area contributed by atoms with E-state index in [0.29, 0.717) is 0 Å². The number of allylic oxidation sites excluding steroid dienone is 4. The third kappa shape index (κ3) is 2.06. The molecule has 2 nitrogen and oxygen atoms in total. The van der Waals surface area contributed by atoms with E-state index in [2.05, 4.69) is 17.8 Å². The zero-order chi connectivity index (χ0) is 11.4. The number of nitrogens with one attached hydrogen (secondary N) is 1. The van der Waals surface area contributed by atoms with Gasteiger partial charge >= 0.3 is 0 Å². The minimum Gasteiger partial charge on any atom is -0.355 e. The summed E-state index contributed by atoms with van der Waals surface area (Å²) in [5, 5.41) is 2.67. The van der Waals surface area contributed by atoms with E-state index in [0.717, 1.165) is 11.1 Å². The average Bonchev–Trinajstić information content (AvgIpc) is 2.39. The van der Waals surface area contributed by atoms with Gasteiger partial charge in [-0.15, -0.1) is 0 Å². The van der Waals surface area contributed by atoms with Crippen LogP contribution in [-0.4, -0.2) is 13.0 Å². The van der Waals surface area contributed by atoms with Crippen molar-refractivity contribution in [2.45, 2.75) is 5.92 Å². The number of hydrogen-bond acceptors (Lipinski definition) is 1. The van der Waals surface area contributed by atoms with Crippen LogP contribution in [0.15, 0.2) is 48.6 Å². The normalized spacial score (nSPS) is 18.4. The maximum atomic E-state index is 11.7. The van der Waals surface area contributed by atoms with Crippen LogP contribution in [-0.2, 0) is 0 Å². The summed E-state index contributed by atoms with van der Waals surface area (Å²) in [7, 11) is 1.65. The van der Waals surface area contributed by atoms with Gasteiger partial charge in [-0.2, -0.15) is 0 Å². The smallest absolute Gasteiger partial charge is 0.251 e. The summed E-state index contributed by atoms with van der Waals surface area (Å²) in [6, 6.07) is 7.70. The Morgan fingerprint density at radius 1 is 1.19 bits per heavy atom. The maximum Gasteiger partial charge on any atom is 0.251 e. The van der Waals surface area contributed by atoms with Gasteiger partial charge in [0.25, 0.3) is 5.91 Å². The van der Waals surface area contributed by atoms with Gasteiger partial charge in [0.2, 0.25) is 0 Å². The zero-order valence-corrected chi connectivity index (χ0v) is 9.18. The van der Waals surface area contributed by atoms with Gasteiger partial charge in [-0.25, -0.2) is 0 Å². The molecule has 0 heterocycles. The topological polar surface area (TPSA) is 29.1 Å². The van der Waals surface area contributed by atoms with E-state index in [-0.39, 0.29) is 11.8 Å². The molecule has 0 bridgehead atoms. The Morgan fingerprint density at radius 3 is 2.69 bits per heavy atom. The third-order valence-corrected chi connectivity index (χ3v) is 2.65. The molecule has 0 aromatic heterocycles. The van der Waals surface area contributed by atoms with Gasteiger partial charge < -0.3 is 5.32 Å². The SMILES string of the molecule is CNC(=O)c1ccccc1C1[CH]C=CC=C1. The first-order chi connectivity index (χ1) is 7.83. The molecule has 2 heteroatoms. The van der Waals surface area contributed by atoms with Gasteiger partial charge in [-0.1, -0.05) is 42.5 Å². The van der Waals surface area contributed by atoms with Gasteiger partial charge in [0.05, 0.1) is 0 Å². The molecule has 0 fully saturated rings. The molecule has 1 aliphatic carbocycles. The van der Waals surface area contributed by atoms with E-state index in [1.165, 1.54) is 0 Å². The molecule has 0 spiro atoms. The van der Waals surface area contributed by atoms with Crippen LogP contribution in [0.25, 0.3) is 0 Å². The number of rotatable bonds is 2. The quantitative estimate of drug-likeness (QED) is 0.801. The summed E-state index contributed by atoms with van der Waals surface area (Å²) in [4.78, 5) is 11.7. The van der Waals surface area contributed by atoms with Crippen molar-refractivity contribution in [2.75, 3.05) is 7.05 Å². The molecule has 81 valence electrons. The summed E-state index contributed by atoms with van der Waals surface area (Å²) < 4.78 is 0. The van der Waals surface area contributed by atoms with E-state index < -0.39 is 0 Å². The lowest BCUT2D eigenvalue weighted by molar-refractivity contribution is 0.0962. The van der Waals surface area contributed by atoms with Crippen molar-refractivity contribution in [2.24, 2.45) is 0 Å². The van der Waals surface area contributed by atoms with Crippen LogP contribution in [0.2, 0.25) is 0 Å². The fourth-order valence-electron chi connectivity index (χ4n) is 1.83. The van der Waals surface area contributed by atoms with Crippen molar-refractivity contribution in [1.29, 1.82) is 0 Å². The molecule has 0 saturated heterocycles. The fraction of sp³-hybridized carbons (Fsp3) is 0.143. The van der Waals surface area contributed by atoms with E-state index >= 15 is 0 Å². The standard InChI is InChI=1S/C14H14NO/c1-15-14(16)13-10-6-5-9-12(13)11-7-3-2-4-8-11/h2-11H,1H3,(H,15,16). The van der Waals surface area contributed by atoms with Crippen LogP contribution >= 0.6 is 0 Å². The second-order valence-corrected chi connectivity index (χ2v) is 3.65. The van der Waals surface area contributed by atoms with E-state index in [4.69, 9.17) is 0 Å². The van der Waals surface area contributed by atoms with Crippen molar-refractivity contribution >= 4 is 5.91 Å². The third-order valence-electron chi connectivity index (χ3n) is 2.65. The highest BCUT2D eigenvalue weighted by molar-refractivity contribution is 5.95. The molecule has 1 N–H and O–H groups in total. The molecule has 16 heavy (non-hydrogen) atoms. The highest BCUT2D eigenvalue weighted by atomic mass is 16.1. The molecular formula is C14H14NO. The van der Waals surface area contributed by atoms with Crippen LogP contribution in [0.5, 0.6) is 0 Å².